The van der Waals surface area contributed by atoms with Crippen molar-refractivity contribution in [3.05, 3.63) is 29.6 Å². The molecule has 0 saturated carbocycles. The van der Waals surface area contributed by atoms with E-state index in [1.807, 2.05) is 0 Å². The minimum Gasteiger partial charge on any atom is -0.447 e. The van der Waals surface area contributed by atoms with Crippen LogP contribution in [0.3, 0.4) is 0 Å². The van der Waals surface area contributed by atoms with Gasteiger partial charge in [0.2, 0.25) is 0 Å². The van der Waals surface area contributed by atoms with E-state index in [0.29, 0.717) is 43.8 Å². The van der Waals surface area contributed by atoms with Crippen LogP contribution >= 0.6 is 0 Å². The highest BCUT2D eigenvalue weighted by atomic mass is 19.1. The summed E-state index contributed by atoms with van der Waals surface area (Å²) in [5, 5.41) is 3.29. The van der Waals surface area contributed by atoms with Crippen LogP contribution in [0.4, 0.5) is 14.9 Å². The fraction of sp³-hybridized carbons (Fsp3) is 0.500. The van der Waals surface area contributed by atoms with Gasteiger partial charge in [-0.2, -0.15) is 0 Å². The van der Waals surface area contributed by atoms with Crippen molar-refractivity contribution in [1.29, 1.82) is 0 Å². The summed E-state index contributed by atoms with van der Waals surface area (Å²) in [7, 11) is 1.55. The van der Waals surface area contributed by atoms with Crippen molar-refractivity contribution < 1.29 is 18.7 Å². The molecule has 3 N–H and O–H groups in total. The number of methoxy groups -OCH3 is 1. The Morgan fingerprint density at radius 1 is 1.42 bits per heavy atom. The van der Waals surface area contributed by atoms with Gasteiger partial charge in [0.1, 0.15) is 23.9 Å². The summed E-state index contributed by atoms with van der Waals surface area (Å²) >= 11 is 0. The molecule has 0 unspecified atom stereocenters. The Bertz CT molecular complexity index is 657. The topological polar surface area (TPSA) is 89.2 Å². The van der Waals surface area contributed by atoms with Gasteiger partial charge >= 0.3 is 6.09 Å². The third kappa shape index (κ3) is 3.14. The number of amides is 1. The predicted molar refractivity (Wildman–Crippen MR) is 87.5 cm³/mol. The van der Waals surface area contributed by atoms with Crippen LogP contribution in [-0.4, -0.2) is 55.9 Å². The maximum atomic E-state index is 13.9. The van der Waals surface area contributed by atoms with Gasteiger partial charge in [-0.1, -0.05) is 6.07 Å². The number of likely N-dealkylation sites (tertiary alicyclic amines) is 1. The molecule has 130 valence electrons. The first-order chi connectivity index (χ1) is 11.5. The van der Waals surface area contributed by atoms with E-state index in [1.54, 1.807) is 24.1 Å². The number of nitrogens with one attached hydrogen (secondary N) is 1. The van der Waals surface area contributed by atoms with E-state index in [1.165, 1.54) is 6.07 Å². The van der Waals surface area contributed by atoms with Gasteiger partial charge in [0.15, 0.2) is 0 Å². The van der Waals surface area contributed by atoms with Crippen LogP contribution in [0.1, 0.15) is 18.4 Å². The fourth-order valence-corrected chi connectivity index (χ4v) is 3.05. The molecule has 1 amide bonds. The number of nitrogens with two attached hydrogens (primary N) is 1. The maximum Gasteiger partial charge on any atom is 0.409 e. The Morgan fingerprint density at radius 2 is 2.17 bits per heavy atom. The minimum absolute atomic E-state index is 0.193. The van der Waals surface area contributed by atoms with Crippen molar-refractivity contribution >= 4 is 17.6 Å². The molecule has 1 aromatic rings. The largest absolute Gasteiger partial charge is 0.447 e. The van der Waals surface area contributed by atoms with Crippen molar-refractivity contribution in [1.82, 2.24) is 4.90 Å². The molecule has 2 aliphatic rings. The second-order valence-corrected chi connectivity index (χ2v) is 5.91. The zero-order valence-corrected chi connectivity index (χ0v) is 13.5. The molecule has 1 saturated heterocycles. The van der Waals surface area contributed by atoms with Gasteiger partial charge in [-0.25, -0.2) is 14.2 Å². The summed E-state index contributed by atoms with van der Waals surface area (Å²) in [4.78, 5) is 18.1. The molecule has 0 atom stereocenters. The lowest BCUT2D eigenvalue weighted by molar-refractivity contribution is 0.0622. The molecular weight excluding hydrogens is 315 g/mol. The maximum absolute atomic E-state index is 13.9. The molecule has 0 aromatic heterocycles. The second kappa shape index (κ2) is 6.64. The number of carbonyl (C=O) groups excluding carboxylic acids is 1. The number of nitrogens with zero attached hydrogens (tertiary/aromatic N) is 2. The quantitative estimate of drug-likeness (QED) is 0.817. The number of halogens is 1. The summed E-state index contributed by atoms with van der Waals surface area (Å²) in [6.45, 7) is 1.57. The minimum atomic E-state index is -0.603. The van der Waals surface area contributed by atoms with Gasteiger partial charge in [-0.05, 0) is 12.1 Å². The van der Waals surface area contributed by atoms with Crippen molar-refractivity contribution in [3.8, 4) is 0 Å². The zero-order valence-electron chi connectivity index (χ0n) is 13.5. The van der Waals surface area contributed by atoms with Gasteiger partial charge in [0.25, 0.3) is 0 Å². The van der Waals surface area contributed by atoms with E-state index in [4.69, 9.17) is 15.2 Å². The molecule has 1 aromatic carbocycles. The van der Waals surface area contributed by atoms with E-state index >= 15 is 0 Å². The van der Waals surface area contributed by atoms with Crippen molar-refractivity contribution in [2.45, 2.75) is 18.5 Å². The normalized spacial score (nSPS) is 18.6. The smallest absolute Gasteiger partial charge is 0.409 e. The first-order valence-electron chi connectivity index (χ1n) is 7.88. The Balaban J connectivity index is 1.67. The molecule has 0 bridgehead atoms. The van der Waals surface area contributed by atoms with E-state index in [9.17, 15) is 9.18 Å². The second-order valence-electron chi connectivity index (χ2n) is 5.91. The highest BCUT2D eigenvalue weighted by Gasteiger charge is 2.39. The van der Waals surface area contributed by atoms with Gasteiger partial charge < -0.3 is 25.4 Å². The summed E-state index contributed by atoms with van der Waals surface area (Å²) in [5.41, 5.74) is 6.32. The van der Waals surface area contributed by atoms with Crippen molar-refractivity contribution in [2.24, 2.45) is 10.7 Å². The van der Waals surface area contributed by atoms with Crippen LogP contribution in [0.5, 0.6) is 0 Å². The number of benzene rings is 1. The number of anilines is 1. The standard InChI is InChI=1S/C16H21FN4O3/c1-23-9-10-24-15(22)21-7-5-16(6-8-21)19-12-4-2-3-11(17)13(12)14(18)20-16/h2-4,19H,5-10H2,1H3,(H2,18,20). The van der Waals surface area contributed by atoms with Crippen LogP contribution in [0.25, 0.3) is 0 Å². The van der Waals surface area contributed by atoms with E-state index in [-0.39, 0.29) is 18.5 Å². The SMILES string of the molecule is COCCOC(=O)N1CCC2(CC1)N=C(N)c1c(F)cccc1N2. The van der Waals surface area contributed by atoms with Crippen LogP contribution in [0, 0.1) is 5.82 Å². The van der Waals surface area contributed by atoms with Gasteiger partial charge in [0, 0.05) is 38.7 Å². The average molecular weight is 336 g/mol. The Kier molecular flexibility index (Phi) is 4.57. The van der Waals surface area contributed by atoms with Crippen LogP contribution in [0.2, 0.25) is 0 Å². The van der Waals surface area contributed by atoms with Gasteiger partial charge in [0.05, 0.1) is 12.2 Å². The lowest BCUT2D eigenvalue weighted by Gasteiger charge is -2.42. The molecular formula is C16H21FN4O3. The number of fused-ring (bicyclic) bond motifs is 1. The van der Waals surface area contributed by atoms with Crippen LogP contribution in [0.15, 0.2) is 23.2 Å². The molecule has 7 nitrogen and oxygen atoms in total. The number of piperidine rings is 1. The summed E-state index contributed by atoms with van der Waals surface area (Å²) in [5.74, 6) is -0.201. The lowest BCUT2D eigenvalue weighted by atomic mass is 9.94. The van der Waals surface area contributed by atoms with Crippen molar-refractivity contribution in [2.75, 3.05) is 38.7 Å². The molecule has 8 heteroatoms. The Hall–Kier alpha value is -2.35. The zero-order chi connectivity index (χ0) is 17.2. The predicted octanol–water partition coefficient (Wildman–Crippen LogP) is 1.53. The lowest BCUT2D eigenvalue weighted by Crippen LogP contribution is -2.52. The molecule has 0 radical (unpaired) electrons. The van der Waals surface area contributed by atoms with Crippen molar-refractivity contribution in [3.63, 3.8) is 0 Å². The molecule has 1 fully saturated rings. The number of amidine groups is 1. The monoisotopic (exact) mass is 336 g/mol. The molecule has 2 aliphatic heterocycles. The van der Waals surface area contributed by atoms with E-state index < -0.39 is 11.5 Å². The number of hydrogen-bond acceptors (Lipinski definition) is 6. The Labute approximate surface area is 139 Å². The average Bonchev–Trinajstić information content (AvgIpc) is 2.55. The highest BCUT2D eigenvalue weighted by molar-refractivity contribution is 6.04. The number of rotatable bonds is 3. The Morgan fingerprint density at radius 3 is 2.88 bits per heavy atom. The fourth-order valence-electron chi connectivity index (χ4n) is 3.05. The van der Waals surface area contributed by atoms with Crippen LogP contribution < -0.4 is 11.1 Å². The molecule has 24 heavy (non-hydrogen) atoms. The highest BCUT2D eigenvalue weighted by Crippen LogP contribution is 2.35. The first kappa shape index (κ1) is 16.5. The third-order valence-electron chi connectivity index (χ3n) is 4.33. The molecule has 1 spiro atoms. The van der Waals surface area contributed by atoms with E-state index in [0.717, 1.165) is 0 Å². The molecule has 2 heterocycles. The molecule has 0 aliphatic carbocycles. The number of hydrogen-bond donors (Lipinski definition) is 2. The third-order valence-corrected chi connectivity index (χ3v) is 4.33. The number of ether oxygens (including phenoxy) is 2. The summed E-state index contributed by atoms with van der Waals surface area (Å²) in [6, 6.07) is 4.78. The van der Waals surface area contributed by atoms with Gasteiger partial charge in [-0.3, -0.25) is 0 Å². The number of carbonyl (C=O) groups is 1. The summed E-state index contributed by atoms with van der Waals surface area (Å²) in [6.07, 6.45) is 0.785. The van der Waals surface area contributed by atoms with E-state index in [2.05, 4.69) is 10.3 Å². The molecule has 3 rings (SSSR count). The van der Waals surface area contributed by atoms with Gasteiger partial charge in [-0.15, -0.1) is 0 Å². The summed E-state index contributed by atoms with van der Waals surface area (Å²) < 4.78 is 23.9. The number of aliphatic imine (C=N–C) groups is 1. The van der Waals surface area contributed by atoms with Crippen LogP contribution in [-0.2, 0) is 9.47 Å². The first-order valence-corrected chi connectivity index (χ1v) is 7.88.